The fourth-order valence-electron chi connectivity index (χ4n) is 1.28. The standard InChI is InChI=1S/C11H10BrF3O2/c1-3-17-9-5-7(11(13,14)15)4-8(6(2)16)10(9)12/h4-5H,3H2,1-2H3. The molecule has 0 saturated heterocycles. The Bertz CT molecular complexity index is 441. The van der Waals surface area contributed by atoms with Gasteiger partial charge in [0.15, 0.2) is 5.78 Å². The molecule has 1 aromatic carbocycles. The molecule has 0 heterocycles. The molecule has 0 aliphatic heterocycles. The number of halogens is 4. The molecule has 0 bridgehead atoms. The zero-order valence-electron chi connectivity index (χ0n) is 9.19. The highest BCUT2D eigenvalue weighted by molar-refractivity contribution is 9.10. The van der Waals surface area contributed by atoms with E-state index in [4.69, 9.17) is 4.74 Å². The molecule has 0 aliphatic carbocycles. The summed E-state index contributed by atoms with van der Waals surface area (Å²) < 4.78 is 43.1. The van der Waals surface area contributed by atoms with E-state index in [1.54, 1.807) is 6.92 Å². The number of ether oxygens (including phenoxy) is 1. The molecule has 1 rings (SSSR count). The van der Waals surface area contributed by atoms with Crippen molar-refractivity contribution in [2.75, 3.05) is 6.61 Å². The number of ketones is 1. The summed E-state index contributed by atoms with van der Waals surface area (Å²) >= 11 is 3.07. The van der Waals surface area contributed by atoms with Gasteiger partial charge in [0.25, 0.3) is 0 Å². The first-order chi connectivity index (χ1) is 7.77. The van der Waals surface area contributed by atoms with Gasteiger partial charge in [-0.15, -0.1) is 0 Å². The number of Topliss-reactive ketones (excluding diaryl/α,β-unsaturated/α-hetero) is 1. The topological polar surface area (TPSA) is 26.3 Å². The minimum atomic E-state index is -4.50. The van der Waals surface area contributed by atoms with Gasteiger partial charge in [-0.3, -0.25) is 4.79 Å². The van der Waals surface area contributed by atoms with Crippen LogP contribution in [-0.2, 0) is 6.18 Å². The van der Waals surface area contributed by atoms with E-state index in [9.17, 15) is 18.0 Å². The number of benzene rings is 1. The van der Waals surface area contributed by atoms with Crippen LogP contribution in [0.1, 0.15) is 29.8 Å². The van der Waals surface area contributed by atoms with Crippen molar-refractivity contribution in [3.63, 3.8) is 0 Å². The van der Waals surface area contributed by atoms with Gasteiger partial charge in [0.1, 0.15) is 5.75 Å². The summed E-state index contributed by atoms with van der Waals surface area (Å²) in [7, 11) is 0. The highest BCUT2D eigenvalue weighted by atomic mass is 79.9. The zero-order valence-corrected chi connectivity index (χ0v) is 10.8. The number of rotatable bonds is 3. The maximum Gasteiger partial charge on any atom is 0.416 e. The van der Waals surface area contributed by atoms with Crippen molar-refractivity contribution in [3.05, 3.63) is 27.7 Å². The minimum absolute atomic E-state index is 0.0209. The summed E-state index contributed by atoms with van der Waals surface area (Å²) in [5.41, 5.74) is -0.933. The predicted octanol–water partition coefficient (Wildman–Crippen LogP) is 4.07. The van der Waals surface area contributed by atoms with Gasteiger partial charge in [-0.2, -0.15) is 13.2 Å². The number of hydrogen-bond donors (Lipinski definition) is 0. The zero-order chi connectivity index (χ0) is 13.2. The normalized spacial score (nSPS) is 11.4. The van der Waals surface area contributed by atoms with Crippen molar-refractivity contribution in [1.82, 2.24) is 0 Å². The Balaban J connectivity index is 3.42. The Labute approximate surface area is 105 Å². The fourth-order valence-corrected chi connectivity index (χ4v) is 1.90. The quantitative estimate of drug-likeness (QED) is 0.787. The van der Waals surface area contributed by atoms with Crippen molar-refractivity contribution >= 4 is 21.7 Å². The second kappa shape index (κ2) is 5.08. The molecule has 0 amide bonds. The summed E-state index contributed by atoms with van der Waals surface area (Å²) in [6.45, 7) is 3.08. The second-order valence-electron chi connectivity index (χ2n) is 3.32. The van der Waals surface area contributed by atoms with Crippen LogP contribution < -0.4 is 4.74 Å². The molecule has 0 atom stereocenters. The van der Waals surface area contributed by atoms with Crippen LogP contribution in [0.4, 0.5) is 13.2 Å². The maximum absolute atomic E-state index is 12.6. The van der Waals surface area contributed by atoms with E-state index < -0.39 is 17.5 Å². The molecule has 2 nitrogen and oxygen atoms in total. The van der Waals surface area contributed by atoms with E-state index in [2.05, 4.69) is 15.9 Å². The molecular weight excluding hydrogens is 301 g/mol. The summed E-state index contributed by atoms with van der Waals surface area (Å²) in [6, 6.07) is 1.69. The Morgan fingerprint density at radius 3 is 2.41 bits per heavy atom. The molecule has 0 aromatic heterocycles. The van der Waals surface area contributed by atoms with Crippen LogP contribution >= 0.6 is 15.9 Å². The van der Waals surface area contributed by atoms with Crippen molar-refractivity contribution < 1.29 is 22.7 Å². The lowest BCUT2D eigenvalue weighted by atomic mass is 10.1. The number of carbonyl (C=O) groups is 1. The fraction of sp³-hybridized carbons (Fsp3) is 0.364. The van der Waals surface area contributed by atoms with Gasteiger partial charge in [0.2, 0.25) is 0 Å². The van der Waals surface area contributed by atoms with Crippen molar-refractivity contribution in [2.45, 2.75) is 20.0 Å². The number of alkyl halides is 3. The van der Waals surface area contributed by atoms with E-state index in [0.717, 1.165) is 12.1 Å². The van der Waals surface area contributed by atoms with E-state index in [-0.39, 0.29) is 22.4 Å². The SMILES string of the molecule is CCOc1cc(C(F)(F)F)cc(C(C)=O)c1Br. The first kappa shape index (κ1) is 14.0. The van der Waals surface area contributed by atoms with Gasteiger partial charge in [-0.05, 0) is 41.9 Å². The smallest absolute Gasteiger partial charge is 0.416 e. The Morgan fingerprint density at radius 1 is 1.41 bits per heavy atom. The third kappa shape index (κ3) is 3.21. The summed E-state index contributed by atoms with van der Waals surface area (Å²) in [5, 5.41) is 0. The predicted molar refractivity (Wildman–Crippen MR) is 60.3 cm³/mol. The van der Waals surface area contributed by atoms with Crippen LogP contribution in [0.2, 0.25) is 0 Å². The molecule has 0 N–H and O–H groups in total. The van der Waals surface area contributed by atoms with E-state index in [1.807, 2.05) is 0 Å². The average Bonchev–Trinajstić information content (AvgIpc) is 2.19. The summed E-state index contributed by atoms with van der Waals surface area (Å²) in [4.78, 5) is 11.2. The lowest BCUT2D eigenvalue weighted by molar-refractivity contribution is -0.137. The van der Waals surface area contributed by atoms with E-state index in [0.29, 0.717) is 0 Å². The Hall–Kier alpha value is -1.04. The molecule has 0 fully saturated rings. The summed E-state index contributed by atoms with van der Waals surface area (Å²) in [5.74, 6) is -0.434. The van der Waals surface area contributed by atoms with Crippen LogP contribution in [-0.4, -0.2) is 12.4 Å². The first-order valence-corrected chi connectivity index (χ1v) is 5.61. The second-order valence-corrected chi connectivity index (χ2v) is 4.12. The minimum Gasteiger partial charge on any atom is -0.493 e. The van der Waals surface area contributed by atoms with Crippen LogP contribution in [0.15, 0.2) is 16.6 Å². The van der Waals surface area contributed by atoms with Gasteiger partial charge in [-0.25, -0.2) is 0 Å². The van der Waals surface area contributed by atoms with Gasteiger partial charge in [0.05, 0.1) is 16.6 Å². The van der Waals surface area contributed by atoms with Crippen LogP contribution in [0, 0.1) is 0 Å². The molecule has 0 unspecified atom stereocenters. The molecule has 0 spiro atoms. The highest BCUT2D eigenvalue weighted by Gasteiger charge is 2.32. The van der Waals surface area contributed by atoms with Gasteiger partial charge < -0.3 is 4.74 Å². The Kier molecular flexibility index (Phi) is 4.19. The maximum atomic E-state index is 12.6. The molecule has 94 valence electrons. The van der Waals surface area contributed by atoms with Crippen molar-refractivity contribution in [1.29, 1.82) is 0 Å². The molecule has 17 heavy (non-hydrogen) atoms. The van der Waals surface area contributed by atoms with Gasteiger partial charge in [-0.1, -0.05) is 0 Å². The van der Waals surface area contributed by atoms with Crippen LogP contribution in [0.25, 0.3) is 0 Å². The van der Waals surface area contributed by atoms with E-state index >= 15 is 0 Å². The van der Waals surface area contributed by atoms with Crippen molar-refractivity contribution in [2.24, 2.45) is 0 Å². The van der Waals surface area contributed by atoms with E-state index in [1.165, 1.54) is 6.92 Å². The lowest BCUT2D eigenvalue weighted by Crippen LogP contribution is -2.09. The Morgan fingerprint density at radius 2 is 2.00 bits per heavy atom. The van der Waals surface area contributed by atoms with Crippen LogP contribution in [0.5, 0.6) is 5.75 Å². The van der Waals surface area contributed by atoms with Crippen LogP contribution in [0.3, 0.4) is 0 Å². The molecule has 6 heteroatoms. The third-order valence-corrected chi connectivity index (χ3v) is 2.86. The molecule has 1 aromatic rings. The molecule has 0 radical (unpaired) electrons. The third-order valence-electron chi connectivity index (χ3n) is 2.05. The number of hydrogen-bond acceptors (Lipinski definition) is 2. The largest absolute Gasteiger partial charge is 0.493 e. The number of carbonyl (C=O) groups excluding carboxylic acids is 1. The monoisotopic (exact) mass is 310 g/mol. The first-order valence-electron chi connectivity index (χ1n) is 4.81. The molecule has 0 aliphatic rings. The molecular formula is C11H10BrF3O2. The van der Waals surface area contributed by atoms with Gasteiger partial charge >= 0.3 is 6.18 Å². The average molecular weight is 311 g/mol. The summed E-state index contributed by atoms with van der Waals surface area (Å²) in [6.07, 6.45) is -4.50. The highest BCUT2D eigenvalue weighted by Crippen LogP contribution is 2.37. The lowest BCUT2D eigenvalue weighted by Gasteiger charge is -2.13. The van der Waals surface area contributed by atoms with Gasteiger partial charge in [0, 0.05) is 5.56 Å². The van der Waals surface area contributed by atoms with Crippen molar-refractivity contribution in [3.8, 4) is 5.75 Å². The molecule has 0 saturated carbocycles.